The fraction of sp³-hybridized carbons (Fsp3) is 0.115. The molecule has 3 aromatic carbocycles. The van der Waals surface area contributed by atoms with Crippen LogP contribution in [0.5, 0.6) is 0 Å². The number of amides is 1. The molecule has 0 radical (unpaired) electrons. The number of halogens is 2. The summed E-state index contributed by atoms with van der Waals surface area (Å²) in [7, 11) is 0. The molecule has 1 atom stereocenters. The molecular formula is C26H19Cl2N3O. The van der Waals surface area contributed by atoms with Gasteiger partial charge in [0.2, 0.25) is 0 Å². The summed E-state index contributed by atoms with van der Waals surface area (Å²) in [6.45, 7) is 2.02. The number of benzene rings is 3. The van der Waals surface area contributed by atoms with Crippen molar-refractivity contribution in [3.05, 3.63) is 111 Å². The molecular weight excluding hydrogens is 441 g/mol. The Bertz CT molecular complexity index is 1370. The zero-order valence-corrected chi connectivity index (χ0v) is 18.8. The average molecular weight is 460 g/mol. The lowest BCUT2D eigenvalue weighted by Crippen LogP contribution is -2.27. The van der Waals surface area contributed by atoms with Gasteiger partial charge in [0.1, 0.15) is 5.15 Å². The van der Waals surface area contributed by atoms with Gasteiger partial charge in [-0.15, -0.1) is 0 Å². The summed E-state index contributed by atoms with van der Waals surface area (Å²) in [4.78, 5) is 18.1. The summed E-state index contributed by atoms with van der Waals surface area (Å²) in [5, 5.41) is 7.94. The summed E-state index contributed by atoms with van der Waals surface area (Å²) in [5.41, 5.74) is 4.88. The van der Waals surface area contributed by atoms with E-state index in [1.807, 2.05) is 61.5 Å². The molecule has 1 amide bonds. The van der Waals surface area contributed by atoms with Crippen molar-refractivity contribution in [2.24, 2.45) is 5.10 Å². The number of nitrogens with zero attached hydrogens (tertiary/aromatic N) is 3. The third-order valence-corrected chi connectivity index (χ3v) is 6.27. The van der Waals surface area contributed by atoms with Gasteiger partial charge < -0.3 is 0 Å². The van der Waals surface area contributed by atoms with E-state index in [0.29, 0.717) is 22.2 Å². The Morgan fingerprint density at radius 3 is 2.50 bits per heavy atom. The minimum atomic E-state index is -0.389. The maximum atomic E-state index is 13.5. The van der Waals surface area contributed by atoms with E-state index >= 15 is 0 Å². The number of aryl methyl sites for hydroxylation is 1. The highest BCUT2D eigenvalue weighted by Crippen LogP contribution is 2.38. The molecule has 2 heterocycles. The quantitative estimate of drug-likeness (QED) is 0.314. The smallest absolute Gasteiger partial charge is 0.267 e. The largest absolute Gasteiger partial charge is 0.276 e. The van der Waals surface area contributed by atoms with Crippen LogP contribution < -0.4 is 0 Å². The fourth-order valence-corrected chi connectivity index (χ4v) is 4.49. The maximum Gasteiger partial charge on any atom is 0.276 e. The summed E-state index contributed by atoms with van der Waals surface area (Å²) in [6.07, 6.45) is 0.527. The molecule has 0 saturated heterocycles. The van der Waals surface area contributed by atoms with E-state index in [9.17, 15) is 4.79 Å². The van der Waals surface area contributed by atoms with E-state index in [1.165, 1.54) is 5.01 Å². The van der Waals surface area contributed by atoms with Crippen LogP contribution in [0.1, 0.15) is 39.5 Å². The summed E-state index contributed by atoms with van der Waals surface area (Å²) in [6, 6.07) is 24.5. The molecule has 158 valence electrons. The number of pyridine rings is 1. The average Bonchev–Trinajstić information content (AvgIpc) is 3.24. The van der Waals surface area contributed by atoms with E-state index < -0.39 is 0 Å². The minimum absolute atomic E-state index is 0.272. The van der Waals surface area contributed by atoms with Crippen LogP contribution >= 0.6 is 23.2 Å². The number of fused-ring (bicyclic) bond motifs is 1. The Balaban J connectivity index is 1.62. The highest BCUT2D eigenvalue weighted by Gasteiger charge is 2.36. The number of hydrogen-bond donors (Lipinski definition) is 0. The van der Waals surface area contributed by atoms with Crippen molar-refractivity contribution in [3.63, 3.8) is 0 Å². The molecule has 0 fully saturated rings. The van der Waals surface area contributed by atoms with Crippen molar-refractivity contribution in [1.82, 2.24) is 9.99 Å². The van der Waals surface area contributed by atoms with Crippen molar-refractivity contribution in [2.75, 3.05) is 0 Å². The van der Waals surface area contributed by atoms with Crippen molar-refractivity contribution in [2.45, 2.75) is 19.4 Å². The molecule has 6 heteroatoms. The van der Waals surface area contributed by atoms with E-state index in [2.05, 4.69) is 4.98 Å². The normalized spacial score (nSPS) is 15.8. The van der Waals surface area contributed by atoms with E-state index in [1.54, 1.807) is 24.3 Å². The van der Waals surface area contributed by atoms with Crippen molar-refractivity contribution >= 4 is 45.7 Å². The molecule has 0 aliphatic carbocycles. The topological polar surface area (TPSA) is 45.6 Å². The van der Waals surface area contributed by atoms with Gasteiger partial charge in [-0.3, -0.25) is 4.79 Å². The van der Waals surface area contributed by atoms with Crippen molar-refractivity contribution < 1.29 is 4.79 Å². The minimum Gasteiger partial charge on any atom is -0.267 e. The molecule has 0 spiro atoms. The Hall–Kier alpha value is -3.21. The molecule has 1 aliphatic heterocycles. The number of carbonyl (C=O) groups is 1. The van der Waals surface area contributed by atoms with Crippen molar-refractivity contribution in [3.8, 4) is 0 Å². The summed E-state index contributed by atoms with van der Waals surface area (Å²) in [5.74, 6) is -0.272. The first-order chi connectivity index (χ1) is 15.5. The van der Waals surface area contributed by atoms with E-state index in [0.717, 1.165) is 33.3 Å². The standard InChI is InChI=1S/C26H19Cl2N3O/c1-16-11-12-18-14-20(25(28)29-22(18)13-16)24-15-23(17-7-3-2-4-8-17)30-31(24)26(32)19-9-5-6-10-21(19)27/h2-14,24H,15H2,1H3/t24-/m0/s1. The lowest BCUT2D eigenvalue weighted by molar-refractivity contribution is 0.0711. The van der Waals surface area contributed by atoms with Crippen LogP contribution in [0.4, 0.5) is 0 Å². The number of rotatable bonds is 3. The van der Waals surface area contributed by atoms with Gasteiger partial charge in [-0.1, -0.05) is 77.8 Å². The molecule has 4 aromatic rings. The zero-order chi connectivity index (χ0) is 22.2. The monoisotopic (exact) mass is 459 g/mol. The van der Waals surface area contributed by atoms with Crippen LogP contribution in [0.3, 0.4) is 0 Å². The van der Waals surface area contributed by atoms with E-state index in [4.69, 9.17) is 28.3 Å². The third-order valence-electron chi connectivity index (χ3n) is 5.64. The predicted octanol–water partition coefficient (Wildman–Crippen LogP) is 6.84. The first kappa shape index (κ1) is 20.7. The second kappa shape index (κ2) is 8.38. The SMILES string of the molecule is Cc1ccc2cc([C@@H]3CC(c4ccccc4)=NN3C(=O)c3ccccc3Cl)c(Cl)nc2c1. The van der Waals surface area contributed by atoms with Crippen molar-refractivity contribution in [1.29, 1.82) is 0 Å². The van der Waals surface area contributed by atoms with Gasteiger partial charge in [0, 0.05) is 17.4 Å². The highest BCUT2D eigenvalue weighted by atomic mass is 35.5. The molecule has 32 heavy (non-hydrogen) atoms. The predicted molar refractivity (Wildman–Crippen MR) is 129 cm³/mol. The fourth-order valence-electron chi connectivity index (χ4n) is 4.01. The van der Waals surface area contributed by atoms with Crippen LogP contribution in [0.2, 0.25) is 10.2 Å². The van der Waals surface area contributed by atoms with Gasteiger partial charge in [0.05, 0.1) is 27.9 Å². The van der Waals surface area contributed by atoms with Gasteiger partial charge in [-0.2, -0.15) is 5.10 Å². The third kappa shape index (κ3) is 3.77. The second-order valence-electron chi connectivity index (χ2n) is 7.83. The highest BCUT2D eigenvalue weighted by molar-refractivity contribution is 6.34. The molecule has 4 nitrogen and oxygen atoms in total. The zero-order valence-electron chi connectivity index (χ0n) is 17.3. The van der Waals surface area contributed by atoms with Crippen LogP contribution in [0, 0.1) is 6.92 Å². The first-order valence-electron chi connectivity index (χ1n) is 10.3. The Kier molecular flexibility index (Phi) is 5.41. The first-order valence-corrected chi connectivity index (χ1v) is 11.0. The van der Waals surface area contributed by atoms with Crippen LogP contribution in [0.15, 0.2) is 84.0 Å². The number of hydrogen-bond acceptors (Lipinski definition) is 3. The Morgan fingerprint density at radius 2 is 1.72 bits per heavy atom. The lowest BCUT2D eigenvalue weighted by Gasteiger charge is -2.23. The molecule has 0 bridgehead atoms. The second-order valence-corrected chi connectivity index (χ2v) is 8.59. The molecule has 1 aromatic heterocycles. The molecule has 0 saturated carbocycles. The molecule has 1 aliphatic rings. The summed E-state index contributed by atoms with van der Waals surface area (Å²) >= 11 is 13.0. The van der Waals surface area contributed by atoms with Gasteiger partial charge in [0.25, 0.3) is 5.91 Å². The summed E-state index contributed by atoms with van der Waals surface area (Å²) < 4.78 is 0. The van der Waals surface area contributed by atoms with Gasteiger partial charge >= 0.3 is 0 Å². The Labute approximate surface area is 196 Å². The molecule has 0 N–H and O–H groups in total. The number of aromatic nitrogens is 1. The van der Waals surface area contributed by atoms with Crippen LogP contribution in [-0.2, 0) is 0 Å². The van der Waals surface area contributed by atoms with E-state index in [-0.39, 0.29) is 11.9 Å². The Morgan fingerprint density at radius 1 is 0.969 bits per heavy atom. The number of carbonyl (C=O) groups excluding carboxylic acids is 1. The molecule has 0 unspecified atom stereocenters. The maximum absolute atomic E-state index is 13.5. The lowest BCUT2D eigenvalue weighted by atomic mass is 9.98. The van der Waals surface area contributed by atoms with Gasteiger partial charge in [-0.05, 0) is 42.3 Å². The van der Waals surface area contributed by atoms with Crippen LogP contribution in [0.25, 0.3) is 10.9 Å². The van der Waals surface area contributed by atoms with Crippen LogP contribution in [-0.4, -0.2) is 21.6 Å². The molecule has 5 rings (SSSR count). The van der Waals surface area contributed by atoms with Gasteiger partial charge in [0.15, 0.2) is 0 Å². The number of hydrazone groups is 1. The van der Waals surface area contributed by atoms with Gasteiger partial charge in [-0.25, -0.2) is 9.99 Å².